The average Bonchev–Trinajstić information content (AvgIpc) is 2.73. The molecule has 0 fully saturated rings. The van der Waals surface area contributed by atoms with E-state index in [9.17, 15) is 5.26 Å². The highest BCUT2D eigenvalue weighted by Crippen LogP contribution is 2.33. The Kier molecular flexibility index (Phi) is 2.61. The van der Waals surface area contributed by atoms with Gasteiger partial charge in [-0.05, 0) is 18.6 Å². The fourth-order valence-corrected chi connectivity index (χ4v) is 2.66. The van der Waals surface area contributed by atoms with E-state index in [1.165, 1.54) is 5.56 Å². The summed E-state index contributed by atoms with van der Waals surface area (Å²) in [6.07, 6.45) is 0. The number of fused-ring (bicyclic) bond motifs is 1. The molecule has 0 aliphatic rings. The van der Waals surface area contributed by atoms with E-state index < -0.39 is 0 Å². The molecule has 0 spiro atoms. The van der Waals surface area contributed by atoms with Crippen LogP contribution in [-0.4, -0.2) is 4.57 Å². The fourth-order valence-electron chi connectivity index (χ4n) is 2.66. The van der Waals surface area contributed by atoms with Crippen LogP contribution in [0.4, 0.5) is 0 Å². The van der Waals surface area contributed by atoms with Crippen LogP contribution in [0.3, 0.4) is 0 Å². The van der Waals surface area contributed by atoms with E-state index in [2.05, 4.69) is 35.8 Å². The summed E-state index contributed by atoms with van der Waals surface area (Å²) in [5, 5.41) is 10.5. The summed E-state index contributed by atoms with van der Waals surface area (Å²) in [6, 6.07) is 18.6. The highest BCUT2D eigenvalue weighted by Gasteiger charge is 2.16. The van der Waals surface area contributed by atoms with E-state index in [0.717, 1.165) is 27.7 Å². The minimum absolute atomic E-state index is 0.757. The number of aryl methyl sites for hydroxylation is 2. The van der Waals surface area contributed by atoms with Crippen molar-refractivity contribution in [1.82, 2.24) is 4.57 Å². The lowest BCUT2D eigenvalue weighted by Gasteiger charge is -2.08. The molecule has 19 heavy (non-hydrogen) atoms. The first-order valence-corrected chi connectivity index (χ1v) is 6.27. The highest BCUT2D eigenvalue weighted by molar-refractivity contribution is 5.94. The van der Waals surface area contributed by atoms with Crippen LogP contribution in [0.5, 0.6) is 0 Å². The van der Waals surface area contributed by atoms with E-state index in [4.69, 9.17) is 0 Å². The zero-order valence-corrected chi connectivity index (χ0v) is 11.0. The number of nitriles is 1. The minimum Gasteiger partial charge on any atom is -0.342 e. The lowest BCUT2D eigenvalue weighted by atomic mass is 10.0. The van der Waals surface area contributed by atoms with Crippen molar-refractivity contribution < 1.29 is 0 Å². The molecule has 2 nitrogen and oxygen atoms in total. The summed E-state index contributed by atoms with van der Waals surface area (Å²) < 4.78 is 2.11. The third-order valence-corrected chi connectivity index (χ3v) is 3.62. The van der Waals surface area contributed by atoms with Gasteiger partial charge in [-0.2, -0.15) is 5.26 Å². The normalized spacial score (nSPS) is 10.6. The molecule has 0 N–H and O–H groups in total. The SMILES string of the molecule is Cc1ccccc1-c1c(C#N)c2ccccc2n1C. The van der Waals surface area contributed by atoms with Gasteiger partial charge in [-0.25, -0.2) is 0 Å². The largest absolute Gasteiger partial charge is 0.342 e. The number of rotatable bonds is 1. The maximum absolute atomic E-state index is 9.52. The van der Waals surface area contributed by atoms with Gasteiger partial charge in [0.25, 0.3) is 0 Å². The number of aromatic nitrogens is 1. The molecule has 0 atom stereocenters. The van der Waals surface area contributed by atoms with Crippen molar-refractivity contribution in [2.45, 2.75) is 6.92 Å². The summed E-state index contributed by atoms with van der Waals surface area (Å²) in [5.74, 6) is 0. The van der Waals surface area contributed by atoms with Gasteiger partial charge in [0, 0.05) is 23.5 Å². The van der Waals surface area contributed by atoms with Crippen molar-refractivity contribution >= 4 is 10.9 Å². The Labute approximate surface area is 112 Å². The predicted octanol–water partition coefficient (Wildman–Crippen LogP) is 4.03. The van der Waals surface area contributed by atoms with Crippen molar-refractivity contribution in [3.05, 3.63) is 59.7 Å². The number of benzene rings is 2. The highest BCUT2D eigenvalue weighted by atomic mass is 15.0. The molecule has 2 aromatic carbocycles. The first-order valence-electron chi connectivity index (χ1n) is 6.27. The Morgan fingerprint density at radius 1 is 1.00 bits per heavy atom. The lowest BCUT2D eigenvalue weighted by Crippen LogP contribution is -1.94. The average molecular weight is 246 g/mol. The topological polar surface area (TPSA) is 28.7 Å². The number of para-hydroxylation sites is 1. The predicted molar refractivity (Wildman–Crippen MR) is 77.8 cm³/mol. The Hall–Kier alpha value is -2.53. The van der Waals surface area contributed by atoms with Crippen molar-refractivity contribution in [3.8, 4) is 17.3 Å². The quantitative estimate of drug-likeness (QED) is 0.637. The Balaban J connectivity index is 2.46. The van der Waals surface area contributed by atoms with E-state index in [1.807, 2.05) is 37.4 Å². The van der Waals surface area contributed by atoms with Gasteiger partial charge in [-0.3, -0.25) is 0 Å². The van der Waals surface area contributed by atoms with Gasteiger partial charge in [0.2, 0.25) is 0 Å². The van der Waals surface area contributed by atoms with Crippen LogP contribution in [0.2, 0.25) is 0 Å². The second-order valence-electron chi connectivity index (χ2n) is 4.73. The zero-order valence-electron chi connectivity index (χ0n) is 11.0. The smallest absolute Gasteiger partial charge is 0.102 e. The Morgan fingerprint density at radius 3 is 2.42 bits per heavy atom. The monoisotopic (exact) mass is 246 g/mol. The summed E-state index contributed by atoms with van der Waals surface area (Å²) in [7, 11) is 2.02. The zero-order chi connectivity index (χ0) is 13.4. The van der Waals surface area contributed by atoms with Crippen LogP contribution in [-0.2, 0) is 7.05 Å². The second-order valence-corrected chi connectivity index (χ2v) is 4.73. The van der Waals surface area contributed by atoms with Crippen molar-refractivity contribution in [1.29, 1.82) is 5.26 Å². The Morgan fingerprint density at radius 2 is 1.68 bits per heavy atom. The molecule has 0 saturated carbocycles. The maximum atomic E-state index is 9.52. The number of nitrogens with zero attached hydrogens (tertiary/aromatic N) is 2. The van der Waals surface area contributed by atoms with Crippen LogP contribution in [0.1, 0.15) is 11.1 Å². The van der Waals surface area contributed by atoms with Crippen LogP contribution in [0.25, 0.3) is 22.2 Å². The van der Waals surface area contributed by atoms with Gasteiger partial charge in [-0.1, -0.05) is 42.5 Å². The molecule has 0 bridgehead atoms. The van der Waals surface area contributed by atoms with E-state index in [-0.39, 0.29) is 0 Å². The molecule has 92 valence electrons. The summed E-state index contributed by atoms with van der Waals surface area (Å²) in [6.45, 7) is 2.08. The summed E-state index contributed by atoms with van der Waals surface area (Å²) in [4.78, 5) is 0. The first kappa shape index (κ1) is 11.6. The third-order valence-electron chi connectivity index (χ3n) is 3.62. The van der Waals surface area contributed by atoms with Gasteiger partial charge in [0.1, 0.15) is 6.07 Å². The minimum atomic E-state index is 0.757. The van der Waals surface area contributed by atoms with Crippen molar-refractivity contribution in [2.24, 2.45) is 7.05 Å². The van der Waals surface area contributed by atoms with E-state index >= 15 is 0 Å². The van der Waals surface area contributed by atoms with Gasteiger partial charge in [-0.15, -0.1) is 0 Å². The molecule has 3 rings (SSSR count). The molecular weight excluding hydrogens is 232 g/mol. The van der Waals surface area contributed by atoms with E-state index in [1.54, 1.807) is 0 Å². The second kappa shape index (κ2) is 4.29. The van der Waals surface area contributed by atoms with Gasteiger partial charge in [0.05, 0.1) is 11.3 Å². The molecule has 1 heterocycles. The fraction of sp³-hybridized carbons (Fsp3) is 0.118. The molecule has 0 radical (unpaired) electrons. The molecule has 0 aliphatic carbocycles. The lowest BCUT2D eigenvalue weighted by molar-refractivity contribution is 0.975. The molecule has 3 aromatic rings. The van der Waals surface area contributed by atoms with Crippen molar-refractivity contribution in [2.75, 3.05) is 0 Å². The maximum Gasteiger partial charge on any atom is 0.102 e. The third kappa shape index (κ3) is 1.63. The number of hydrogen-bond acceptors (Lipinski definition) is 1. The molecule has 1 aromatic heterocycles. The van der Waals surface area contributed by atoms with Gasteiger partial charge >= 0.3 is 0 Å². The summed E-state index contributed by atoms with van der Waals surface area (Å²) in [5.41, 5.74) is 5.16. The molecule has 0 saturated heterocycles. The molecule has 0 aliphatic heterocycles. The Bertz CT molecular complexity index is 804. The number of hydrogen-bond donors (Lipinski definition) is 0. The molecular formula is C17H14N2. The van der Waals surface area contributed by atoms with Crippen LogP contribution in [0.15, 0.2) is 48.5 Å². The standard InChI is InChI=1S/C17H14N2/c1-12-7-3-4-8-13(12)17-15(11-18)14-9-5-6-10-16(14)19(17)2/h3-10H,1-2H3. The molecule has 0 unspecified atom stereocenters. The van der Waals surface area contributed by atoms with Crippen LogP contribution in [0, 0.1) is 18.3 Å². The molecule has 0 amide bonds. The molecule has 2 heteroatoms. The van der Waals surface area contributed by atoms with Gasteiger partial charge in [0.15, 0.2) is 0 Å². The summed E-state index contributed by atoms with van der Waals surface area (Å²) >= 11 is 0. The van der Waals surface area contributed by atoms with Crippen LogP contribution >= 0.6 is 0 Å². The van der Waals surface area contributed by atoms with Crippen LogP contribution < -0.4 is 0 Å². The van der Waals surface area contributed by atoms with Crippen molar-refractivity contribution in [3.63, 3.8) is 0 Å². The van der Waals surface area contributed by atoms with Gasteiger partial charge < -0.3 is 4.57 Å². The van der Waals surface area contributed by atoms with E-state index in [0.29, 0.717) is 0 Å². The first-order chi connectivity index (χ1) is 9.24.